The van der Waals surface area contributed by atoms with Crippen molar-refractivity contribution in [3.8, 4) is 0 Å². The van der Waals surface area contributed by atoms with E-state index in [1.807, 2.05) is 31.2 Å². The Hall–Kier alpha value is -0.940. The van der Waals surface area contributed by atoms with Crippen LogP contribution in [0.5, 0.6) is 0 Å². The van der Waals surface area contributed by atoms with Gasteiger partial charge in [-0.1, -0.05) is 42.0 Å². The van der Waals surface area contributed by atoms with Crippen LogP contribution in [0.2, 0.25) is 0 Å². The van der Waals surface area contributed by atoms with Crippen LogP contribution in [0.4, 0.5) is 0 Å². The lowest BCUT2D eigenvalue weighted by molar-refractivity contribution is -0.327. The van der Waals surface area contributed by atoms with Gasteiger partial charge in [0.2, 0.25) is 0 Å². The number of aryl methyl sites for hydroxylation is 1. The molecular formula is C21H33NO10S2. The highest BCUT2D eigenvalue weighted by Gasteiger charge is 2.46. The van der Waals surface area contributed by atoms with Crippen LogP contribution in [0.25, 0.3) is 0 Å². The monoisotopic (exact) mass is 523 g/mol. The number of hydrogen-bond acceptors (Lipinski definition) is 11. The fourth-order valence-corrected chi connectivity index (χ4v) is 3.81. The molecule has 9 atom stereocenters. The summed E-state index contributed by atoms with van der Waals surface area (Å²) in [5, 5.41) is 80.3. The Bertz CT molecular complexity index is 770. The number of aliphatic hydroxyl groups excluding tert-OH is 8. The minimum atomic E-state index is -1.81. The SMILES string of the molecule is Cc1ccc(CN(C[C@H](O)[C@@H](O)[C@H](O[C@@H]2O[C@H](CO)[C@H](O)[C@H](O)[C@H]2O)[C@H](O)CO)C(=S)S)cc1. The van der Waals surface area contributed by atoms with Crippen LogP contribution in [0.1, 0.15) is 11.1 Å². The number of hydrogen-bond donors (Lipinski definition) is 9. The number of nitrogens with zero attached hydrogens (tertiary/aromatic N) is 1. The van der Waals surface area contributed by atoms with Crippen LogP contribution in [-0.2, 0) is 16.0 Å². The molecule has 194 valence electrons. The number of aliphatic hydroxyl groups is 8. The average Bonchev–Trinajstić information content (AvgIpc) is 2.82. The second-order valence-electron chi connectivity index (χ2n) is 8.25. The zero-order chi connectivity index (χ0) is 25.6. The Morgan fingerprint density at radius 1 is 1.06 bits per heavy atom. The highest BCUT2D eigenvalue weighted by Crippen LogP contribution is 2.25. The molecule has 1 aliphatic heterocycles. The van der Waals surface area contributed by atoms with Crippen LogP contribution in [0.3, 0.4) is 0 Å². The number of thiol groups is 1. The van der Waals surface area contributed by atoms with Crippen LogP contribution in [-0.4, -0.2) is 125 Å². The summed E-state index contributed by atoms with van der Waals surface area (Å²) in [5.41, 5.74) is 1.93. The maximum absolute atomic E-state index is 10.7. The third-order valence-electron chi connectivity index (χ3n) is 5.61. The molecule has 13 heteroatoms. The highest BCUT2D eigenvalue weighted by atomic mass is 32.1. The second kappa shape index (κ2) is 13.4. The summed E-state index contributed by atoms with van der Waals surface area (Å²) in [7, 11) is 0. The topological polar surface area (TPSA) is 184 Å². The second-order valence-corrected chi connectivity index (χ2v) is 9.37. The molecule has 1 fully saturated rings. The first-order chi connectivity index (χ1) is 16.0. The zero-order valence-corrected chi connectivity index (χ0v) is 20.2. The molecule has 11 nitrogen and oxygen atoms in total. The molecule has 1 aromatic carbocycles. The van der Waals surface area contributed by atoms with Gasteiger partial charge in [-0.05, 0) is 12.5 Å². The molecule has 1 aromatic rings. The largest absolute Gasteiger partial charge is 0.394 e. The van der Waals surface area contributed by atoms with Gasteiger partial charge in [-0.3, -0.25) is 0 Å². The van der Waals surface area contributed by atoms with Crippen molar-refractivity contribution >= 4 is 29.2 Å². The first-order valence-electron chi connectivity index (χ1n) is 10.6. The van der Waals surface area contributed by atoms with E-state index in [2.05, 4.69) is 12.6 Å². The van der Waals surface area contributed by atoms with Crippen LogP contribution in [0.15, 0.2) is 24.3 Å². The van der Waals surface area contributed by atoms with E-state index in [0.29, 0.717) is 0 Å². The summed E-state index contributed by atoms with van der Waals surface area (Å²) in [6, 6.07) is 7.56. The van der Waals surface area contributed by atoms with Gasteiger partial charge in [0.15, 0.2) is 6.29 Å². The molecule has 2 rings (SSSR count). The summed E-state index contributed by atoms with van der Waals surface area (Å²) in [6.45, 7) is 0.407. The van der Waals surface area contributed by atoms with Gasteiger partial charge >= 0.3 is 0 Å². The molecule has 0 bridgehead atoms. The Morgan fingerprint density at radius 2 is 1.68 bits per heavy atom. The molecule has 8 N–H and O–H groups in total. The number of thiocarbonyl (C=S) groups is 1. The first kappa shape index (κ1) is 29.3. The summed E-state index contributed by atoms with van der Waals surface area (Å²) in [4.78, 5) is 1.51. The van der Waals surface area contributed by atoms with Crippen molar-refractivity contribution in [2.75, 3.05) is 19.8 Å². The molecule has 1 aliphatic rings. The zero-order valence-electron chi connectivity index (χ0n) is 18.5. The Kier molecular flexibility index (Phi) is 11.5. The quantitative estimate of drug-likeness (QED) is 0.108. The fourth-order valence-electron chi connectivity index (χ4n) is 3.51. The van der Waals surface area contributed by atoms with Gasteiger partial charge in [0.05, 0.1) is 13.2 Å². The summed E-state index contributed by atoms with van der Waals surface area (Å²) < 4.78 is 10.8. The Morgan fingerprint density at radius 3 is 2.21 bits per heavy atom. The Balaban J connectivity index is 2.13. The van der Waals surface area contributed by atoms with Gasteiger partial charge in [0, 0.05) is 13.1 Å². The molecule has 0 aromatic heterocycles. The lowest BCUT2D eigenvalue weighted by Crippen LogP contribution is -2.61. The van der Waals surface area contributed by atoms with E-state index in [1.165, 1.54) is 4.90 Å². The number of ether oxygens (including phenoxy) is 2. The molecule has 0 radical (unpaired) electrons. The Labute approximate surface area is 208 Å². The van der Waals surface area contributed by atoms with E-state index >= 15 is 0 Å². The van der Waals surface area contributed by atoms with E-state index < -0.39 is 68.3 Å². The van der Waals surface area contributed by atoms with Crippen molar-refractivity contribution in [3.63, 3.8) is 0 Å². The van der Waals surface area contributed by atoms with Crippen molar-refractivity contribution < 1.29 is 50.3 Å². The van der Waals surface area contributed by atoms with E-state index in [1.54, 1.807) is 0 Å². The minimum Gasteiger partial charge on any atom is -0.394 e. The molecule has 0 amide bonds. The van der Waals surface area contributed by atoms with Crippen molar-refractivity contribution in [1.82, 2.24) is 4.90 Å². The van der Waals surface area contributed by atoms with Gasteiger partial charge in [-0.2, -0.15) is 0 Å². The predicted molar refractivity (Wildman–Crippen MR) is 127 cm³/mol. The molecule has 34 heavy (non-hydrogen) atoms. The van der Waals surface area contributed by atoms with Gasteiger partial charge < -0.3 is 55.2 Å². The lowest BCUT2D eigenvalue weighted by atomic mass is 9.98. The lowest BCUT2D eigenvalue weighted by Gasteiger charge is -2.42. The van der Waals surface area contributed by atoms with Gasteiger partial charge in [-0.15, -0.1) is 12.6 Å². The highest BCUT2D eigenvalue weighted by molar-refractivity contribution is 8.10. The van der Waals surface area contributed by atoms with Crippen molar-refractivity contribution in [2.24, 2.45) is 0 Å². The van der Waals surface area contributed by atoms with E-state index in [4.69, 9.17) is 21.7 Å². The van der Waals surface area contributed by atoms with Crippen LogP contribution in [0, 0.1) is 6.92 Å². The third kappa shape index (κ3) is 7.53. The standard InChI is InChI=1S/C21H33NO10S2/c1-10-2-4-11(5-3-10)6-22(21(33)34)7-12(25)15(27)19(13(26)8-23)32-20-18(30)17(29)16(28)14(9-24)31-20/h2-5,12-20,23-30H,6-9H2,1H3,(H,33,34)/t12-,13+,14+,15+,16-,17-,18+,19+,20-/m0/s1. The van der Waals surface area contributed by atoms with Gasteiger partial charge in [0.25, 0.3) is 0 Å². The molecule has 0 spiro atoms. The summed E-state index contributed by atoms with van der Waals surface area (Å²) >= 11 is 9.30. The van der Waals surface area contributed by atoms with Crippen molar-refractivity contribution in [3.05, 3.63) is 35.4 Å². The summed E-state index contributed by atoms with van der Waals surface area (Å²) in [5.74, 6) is 0. The molecule has 0 saturated carbocycles. The smallest absolute Gasteiger partial charge is 0.187 e. The minimum absolute atomic E-state index is 0.140. The van der Waals surface area contributed by atoms with Gasteiger partial charge in [0.1, 0.15) is 53.2 Å². The molecule has 1 heterocycles. The maximum Gasteiger partial charge on any atom is 0.187 e. The van der Waals surface area contributed by atoms with Crippen LogP contribution >= 0.6 is 24.8 Å². The number of rotatable bonds is 11. The van der Waals surface area contributed by atoms with Crippen molar-refractivity contribution in [1.29, 1.82) is 0 Å². The van der Waals surface area contributed by atoms with E-state index in [9.17, 15) is 40.9 Å². The molecular weight excluding hydrogens is 490 g/mol. The van der Waals surface area contributed by atoms with E-state index in [-0.39, 0.29) is 17.4 Å². The molecule has 0 unspecified atom stereocenters. The average molecular weight is 524 g/mol. The molecule has 0 aliphatic carbocycles. The third-order valence-corrected chi connectivity index (χ3v) is 6.15. The maximum atomic E-state index is 10.7. The van der Waals surface area contributed by atoms with E-state index in [0.717, 1.165) is 11.1 Å². The van der Waals surface area contributed by atoms with Crippen LogP contribution < -0.4 is 0 Å². The first-order valence-corrected chi connectivity index (χ1v) is 11.5. The summed E-state index contributed by atoms with van der Waals surface area (Å²) in [6.07, 6.45) is -15.0. The fraction of sp³-hybridized carbons (Fsp3) is 0.667. The van der Waals surface area contributed by atoms with Crippen molar-refractivity contribution in [2.45, 2.75) is 68.6 Å². The van der Waals surface area contributed by atoms with Gasteiger partial charge in [-0.25, -0.2) is 0 Å². The normalized spacial score (nSPS) is 28.7. The predicted octanol–water partition coefficient (Wildman–Crippen LogP) is -2.73. The number of benzene rings is 1. The molecule has 1 saturated heterocycles.